The minimum absolute atomic E-state index is 0.160. The molecule has 0 saturated carbocycles. The van der Waals surface area contributed by atoms with Gasteiger partial charge in [-0.15, -0.1) is 11.3 Å². The van der Waals surface area contributed by atoms with Gasteiger partial charge in [0.1, 0.15) is 0 Å². The smallest absolute Gasteiger partial charge is 0.195 e. The number of aryl methyl sites for hydroxylation is 1. The van der Waals surface area contributed by atoms with Crippen LogP contribution in [0.2, 0.25) is 0 Å². The standard InChI is InChI=1S/C24H19N3OS2/c28-22(30-24-27-19-11-3-4-13-21(19)29-24)14-7-9-17-16-8-1-2-10-18(16)26-23(17)20-12-5-6-15-25-20/h1-6,8,10-13,15,26H,7,9,14H2. The van der Waals surface area contributed by atoms with Crippen molar-refractivity contribution in [1.82, 2.24) is 15.0 Å². The number of hydrogen-bond acceptors (Lipinski definition) is 5. The summed E-state index contributed by atoms with van der Waals surface area (Å²) < 4.78 is 1.94. The van der Waals surface area contributed by atoms with Gasteiger partial charge in [-0.25, -0.2) is 4.98 Å². The number of nitrogens with zero attached hydrogens (tertiary/aromatic N) is 2. The molecule has 5 aromatic rings. The summed E-state index contributed by atoms with van der Waals surface area (Å²) >= 11 is 2.84. The predicted molar refractivity (Wildman–Crippen MR) is 125 cm³/mol. The van der Waals surface area contributed by atoms with Crippen LogP contribution in [0.4, 0.5) is 0 Å². The van der Waals surface area contributed by atoms with Gasteiger partial charge in [0.2, 0.25) is 0 Å². The van der Waals surface area contributed by atoms with Crippen molar-refractivity contribution in [2.45, 2.75) is 23.6 Å². The Labute approximate surface area is 182 Å². The summed E-state index contributed by atoms with van der Waals surface area (Å²) in [6, 6.07) is 22.2. The first-order valence-corrected chi connectivity index (χ1v) is 11.5. The summed E-state index contributed by atoms with van der Waals surface area (Å²) in [7, 11) is 0. The van der Waals surface area contributed by atoms with E-state index in [-0.39, 0.29) is 5.12 Å². The average molecular weight is 430 g/mol. The molecule has 0 atom stereocenters. The number of benzene rings is 2. The van der Waals surface area contributed by atoms with Gasteiger partial charge in [-0.2, -0.15) is 0 Å². The van der Waals surface area contributed by atoms with E-state index in [1.807, 2.05) is 54.7 Å². The quantitative estimate of drug-likeness (QED) is 0.314. The molecule has 0 aliphatic rings. The first-order valence-electron chi connectivity index (χ1n) is 9.85. The number of hydrogen-bond donors (Lipinski definition) is 1. The minimum Gasteiger partial charge on any atom is -0.353 e. The van der Waals surface area contributed by atoms with Crippen LogP contribution in [0.3, 0.4) is 0 Å². The lowest BCUT2D eigenvalue weighted by atomic mass is 10.0. The number of aromatic nitrogens is 3. The third kappa shape index (κ3) is 3.88. The Morgan fingerprint density at radius 1 is 1.00 bits per heavy atom. The molecule has 30 heavy (non-hydrogen) atoms. The van der Waals surface area contributed by atoms with Crippen LogP contribution < -0.4 is 0 Å². The van der Waals surface area contributed by atoms with E-state index in [2.05, 4.69) is 33.2 Å². The first-order chi connectivity index (χ1) is 14.8. The SMILES string of the molecule is O=C(CCCc1c(-c2ccccn2)[nH]c2ccccc12)Sc1nc2ccccc2s1. The fraction of sp³-hybridized carbons (Fsp3) is 0.125. The Balaban J connectivity index is 1.30. The number of carbonyl (C=O) groups excluding carboxylic acids is 1. The number of carbonyl (C=O) groups is 1. The summed E-state index contributed by atoms with van der Waals surface area (Å²) in [6.07, 6.45) is 3.94. The van der Waals surface area contributed by atoms with Crippen LogP contribution in [0, 0.1) is 0 Å². The van der Waals surface area contributed by atoms with E-state index in [0.717, 1.165) is 44.3 Å². The van der Waals surface area contributed by atoms with Crippen molar-refractivity contribution in [3.05, 3.63) is 78.5 Å². The monoisotopic (exact) mass is 429 g/mol. The zero-order chi connectivity index (χ0) is 20.3. The van der Waals surface area contributed by atoms with E-state index in [0.29, 0.717) is 6.42 Å². The highest BCUT2D eigenvalue weighted by Gasteiger charge is 2.15. The molecule has 0 aliphatic carbocycles. The van der Waals surface area contributed by atoms with Crippen molar-refractivity contribution in [3.8, 4) is 11.4 Å². The molecular weight excluding hydrogens is 410 g/mol. The molecule has 0 unspecified atom stereocenters. The van der Waals surface area contributed by atoms with Gasteiger partial charge >= 0.3 is 0 Å². The largest absolute Gasteiger partial charge is 0.353 e. The van der Waals surface area contributed by atoms with Crippen LogP contribution in [0.1, 0.15) is 18.4 Å². The van der Waals surface area contributed by atoms with Gasteiger partial charge in [0, 0.05) is 23.5 Å². The average Bonchev–Trinajstić information content (AvgIpc) is 3.35. The molecule has 3 aromatic heterocycles. The maximum Gasteiger partial charge on any atom is 0.195 e. The fourth-order valence-electron chi connectivity index (χ4n) is 3.64. The third-order valence-corrected chi connectivity index (χ3v) is 7.05. The van der Waals surface area contributed by atoms with E-state index in [1.54, 1.807) is 11.3 Å². The van der Waals surface area contributed by atoms with Gasteiger partial charge in [0.25, 0.3) is 0 Å². The maximum absolute atomic E-state index is 12.5. The lowest BCUT2D eigenvalue weighted by Crippen LogP contribution is -1.95. The summed E-state index contributed by atoms with van der Waals surface area (Å²) in [6.45, 7) is 0. The van der Waals surface area contributed by atoms with E-state index in [4.69, 9.17) is 0 Å². The normalized spacial score (nSPS) is 11.3. The van der Waals surface area contributed by atoms with Crippen molar-refractivity contribution in [2.24, 2.45) is 0 Å². The van der Waals surface area contributed by atoms with Gasteiger partial charge in [-0.05, 0) is 60.5 Å². The van der Waals surface area contributed by atoms with Gasteiger partial charge in [0.15, 0.2) is 9.45 Å². The number of thiazole rings is 1. The number of pyridine rings is 1. The van der Waals surface area contributed by atoms with Gasteiger partial charge < -0.3 is 4.98 Å². The van der Waals surface area contributed by atoms with Crippen molar-refractivity contribution in [1.29, 1.82) is 0 Å². The summed E-state index contributed by atoms with van der Waals surface area (Å²) in [5.74, 6) is 0. The summed E-state index contributed by atoms with van der Waals surface area (Å²) in [5.41, 5.74) is 5.25. The van der Waals surface area contributed by atoms with Crippen molar-refractivity contribution < 1.29 is 4.79 Å². The zero-order valence-electron chi connectivity index (χ0n) is 16.2. The molecule has 148 valence electrons. The molecule has 0 aliphatic heterocycles. The van der Waals surface area contributed by atoms with Crippen LogP contribution in [-0.2, 0) is 11.2 Å². The highest BCUT2D eigenvalue weighted by atomic mass is 32.2. The maximum atomic E-state index is 12.5. The molecule has 0 bridgehead atoms. The van der Waals surface area contributed by atoms with Crippen LogP contribution in [-0.4, -0.2) is 20.1 Å². The summed E-state index contributed by atoms with van der Waals surface area (Å²) in [4.78, 5) is 25.1. The Bertz CT molecular complexity index is 1290. The molecule has 6 heteroatoms. The highest BCUT2D eigenvalue weighted by molar-refractivity contribution is 8.15. The molecule has 3 heterocycles. The number of nitrogens with one attached hydrogen (secondary N) is 1. The molecule has 2 aromatic carbocycles. The van der Waals surface area contributed by atoms with E-state index in [9.17, 15) is 4.79 Å². The van der Waals surface area contributed by atoms with Crippen LogP contribution in [0.15, 0.2) is 77.3 Å². The van der Waals surface area contributed by atoms with Crippen LogP contribution >= 0.6 is 23.1 Å². The highest BCUT2D eigenvalue weighted by Crippen LogP contribution is 2.33. The molecule has 4 nitrogen and oxygen atoms in total. The predicted octanol–water partition coefficient (Wildman–Crippen LogP) is 6.48. The van der Waals surface area contributed by atoms with Crippen molar-refractivity contribution >= 4 is 49.3 Å². The van der Waals surface area contributed by atoms with Crippen molar-refractivity contribution in [3.63, 3.8) is 0 Å². The van der Waals surface area contributed by atoms with Crippen LogP contribution in [0.25, 0.3) is 32.5 Å². The second kappa shape index (κ2) is 8.42. The van der Waals surface area contributed by atoms with Gasteiger partial charge in [-0.3, -0.25) is 9.78 Å². The number of fused-ring (bicyclic) bond motifs is 2. The Morgan fingerprint density at radius 3 is 2.70 bits per heavy atom. The molecule has 0 radical (unpaired) electrons. The topological polar surface area (TPSA) is 58.6 Å². The first kappa shape index (κ1) is 19.0. The van der Waals surface area contributed by atoms with E-state index >= 15 is 0 Å². The molecule has 5 rings (SSSR count). The second-order valence-corrected chi connectivity index (χ2v) is 9.35. The van der Waals surface area contributed by atoms with Gasteiger partial charge in [0.05, 0.1) is 21.6 Å². The third-order valence-electron chi connectivity index (χ3n) is 5.02. The minimum atomic E-state index is 0.160. The van der Waals surface area contributed by atoms with E-state index in [1.165, 1.54) is 22.7 Å². The van der Waals surface area contributed by atoms with Crippen molar-refractivity contribution in [2.75, 3.05) is 0 Å². The molecular formula is C24H19N3OS2. The lowest BCUT2D eigenvalue weighted by Gasteiger charge is -2.04. The Hall–Kier alpha value is -2.96. The number of para-hydroxylation sites is 2. The lowest BCUT2D eigenvalue weighted by molar-refractivity contribution is -0.111. The number of thioether (sulfide) groups is 1. The second-order valence-electron chi connectivity index (χ2n) is 7.01. The number of aromatic amines is 1. The summed E-state index contributed by atoms with van der Waals surface area (Å²) in [5, 5.41) is 1.36. The van der Waals surface area contributed by atoms with Crippen LogP contribution in [0.5, 0.6) is 0 Å². The number of rotatable bonds is 6. The fourth-order valence-corrected chi connectivity index (χ4v) is 5.64. The van der Waals surface area contributed by atoms with Gasteiger partial charge in [-0.1, -0.05) is 36.4 Å². The molecule has 0 saturated heterocycles. The number of H-pyrrole nitrogens is 1. The van der Waals surface area contributed by atoms with E-state index < -0.39 is 0 Å². The molecule has 0 fully saturated rings. The molecule has 0 amide bonds. The zero-order valence-corrected chi connectivity index (χ0v) is 17.8. The Kier molecular flexibility index (Phi) is 5.34. The molecule has 1 N–H and O–H groups in total. The molecule has 0 spiro atoms. The Morgan fingerprint density at radius 2 is 1.83 bits per heavy atom.